The third kappa shape index (κ3) is 7.20. The normalized spacial score (nSPS) is 14.3. The molecule has 276 valence electrons. The highest BCUT2D eigenvalue weighted by atomic mass is 15.2. The number of rotatable bonds is 10. The van der Waals surface area contributed by atoms with E-state index in [-0.39, 0.29) is 0 Å². The number of fused-ring (bicyclic) bond motifs is 4. The Balaban J connectivity index is 1.12. The Morgan fingerprint density at radius 1 is 0.638 bits per heavy atom. The second kappa shape index (κ2) is 15.8. The monoisotopic (exact) mass is 745 g/mol. The maximum absolute atomic E-state index is 5.15. The van der Waals surface area contributed by atoms with Gasteiger partial charge < -0.3 is 5.32 Å². The summed E-state index contributed by atoms with van der Waals surface area (Å²) in [6, 6.07) is 49.1. The molecule has 7 aromatic carbocycles. The van der Waals surface area contributed by atoms with Gasteiger partial charge >= 0.3 is 0 Å². The molecule has 1 N–H and O–H groups in total. The molecule has 2 heterocycles. The van der Waals surface area contributed by atoms with Crippen LogP contribution in [-0.4, -0.2) is 21.6 Å². The van der Waals surface area contributed by atoms with Crippen LogP contribution in [0.1, 0.15) is 39.7 Å². The Hall–Kier alpha value is -7.76. The van der Waals surface area contributed by atoms with Crippen molar-refractivity contribution in [2.75, 3.05) is 0 Å². The topological polar surface area (TPSA) is 62.5 Å². The van der Waals surface area contributed by atoms with Crippen molar-refractivity contribution in [2.45, 2.75) is 6.17 Å². The lowest BCUT2D eigenvalue weighted by atomic mass is 9.92. The van der Waals surface area contributed by atoms with Crippen LogP contribution in [0, 0.1) is 0 Å². The molecule has 1 aromatic heterocycles. The second-order valence-corrected chi connectivity index (χ2v) is 14.2. The fraction of sp³-hybridized carbons (Fsp3) is 0.0189. The van der Waals surface area contributed by atoms with Crippen LogP contribution >= 0.6 is 0 Å². The van der Waals surface area contributed by atoms with Gasteiger partial charge in [0, 0.05) is 23.5 Å². The number of aromatic nitrogens is 2. The van der Waals surface area contributed by atoms with Crippen molar-refractivity contribution >= 4 is 67.8 Å². The van der Waals surface area contributed by atoms with Crippen LogP contribution < -0.4 is 5.32 Å². The molecule has 0 fully saturated rings. The lowest BCUT2D eigenvalue weighted by molar-refractivity contribution is 0.675. The summed E-state index contributed by atoms with van der Waals surface area (Å²) >= 11 is 0. The number of benzene rings is 7. The fourth-order valence-corrected chi connectivity index (χ4v) is 7.56. The van der Waals surface area contributed by atoms with Crippen LogP contribution in [0.2, 0.25) is 0 Å². The molecule has 1 unspecified atom stereocenters. The van der Waals surface area contributed by atoms with Crippen molar-refractivity contribution in [1.29, 1.82) is 0 Å². The molecular weight excluding hydrogens is 707 g/mol. The second-order valence-electron chi connectivity index (χ2n) is 14.2. The molecular formula is C53H39N5. The van der Waals surface area contributed by atoms with Crippen LogP contribution in [0.3, 0.4) is 0 Å². The first-order valence-corrected chi connectivity index (χ1v) is 19.2. The number of aliphatic imine (C=N–C) groups is 2. The zero-order valence-electron chi connectivity index (χ0n) is 31.9. The molecule has 9 rings (SSSR count). The van der Waals surface area contributed by atoms with Gasteiger partial charge in [-0.3, -0.25) is 9.97 Å². The van der Waals surface area contributed by atoms with Crippen LogP contribution in [0.25, 0.3) is 67.2 Å². The molecule has 5 heteroatoms. The molecule has 0 saturated heterocycles. The Labute approximate surface area is 338 Å². The number of nitrogens with one attached hydrogen (secondary N) is 1. The Bertz CT molecular complexity index is 3020. The quantitative estimate of drug-likeness (QED) is 0.112. The Kier molecular flexibility index (Phi) is 9.76. The van der Waals surface area contributed by atoms with E-state index in [1.54, 1.807) is 18.6 Å². The average molecular weight is 746 g/mol. The van der Waals surface area contributed by atoms with Gasteiger partial charge in [-0.05, 0) is 102 Å². The van der Waals surface area contributed by atoms with Gasteiger partial charge in [0.15, 0.2) is 5.84 Å². The third-order valence-corrected chi connectivity index (χ3v) is 10.6. The fourth-order valence-electron chi connectivity index (χ4n) is 7.56. The molecule has 0 amide bonds. The van der Waals surface area contributed by atoms with E-state index < -0.39 is 6.17 Å². The molecule has 0 radical (unpaired) electrons. The van der Waals surface area contributed by atoms with E-state index >= 15 is 0 Å². The van der Waals surface area contributed by atoms with Crippen molar-refractivity contribution in [1.82, 2.24) is 15.3 Å². The van der Waals surface area contributed by atoms with E-state index in [1.807, 2.05) is 30.4 Å². The summed E-state index contributed by atoms with van der Waals surface area (Å²) < 4.78 is 0. The molecule has 1 aliphatic rings. The van der Waals surface area contributed by atoms with Crippen molar-refractivity contribution in [3.8, 4) is 11.1 Å². The van der Waals surface area contributed by atoms with E-state index in [0.29, 0.717) is 17.2 Å². The average Bonchev–Trinajstić information content (AvgIpc) is 3.29. The molecule has 1 atom stereocenters. The minimum atomic E-state index is -0.404. The predicted molar refractivity (Wildman–Crippen MR) is 245 cm³/mol. The maximum atomic E-state index is 5.15. The van der Waals surface area contributed by atoms with Gasteiger partial charge in [-0.2, -0.15) is 0 Å². The first kappa shape index (κ1) is 35.9. The molecule has 8 aromatic rings. The van der Waals surface area contributed by atoms with Gasteiger partial charge in [0.25, 0.3) is 0 Å². The smallest absolute Gasteiger partial charge is 0.159 e. The minimum absolute atomic E-state index is 0.404. The number of amidine groups is 2. The number of nitrogens with zero attached hydrogens (tertiary/aromatic N) is 4. The van der Waals surface area contributed by atoms with Crippen molar-refractivity contribution in [2.24, 2.45) is 9.98 Å². The molecule has 0 saturated carbocycles. The van der Waals surface area contributed by atoms with Gasteiger partial charge in [-0.15, -0.1) is 0 Å². The van der Waals surface area contributed by atoms with Crippen LogP contribution in [0.15, 0.2) is 206 Å². The molecule has 58 heavy (non-hydrogen) atoms. The molecule has 0 spiro atoms. The summed E-state index contributed by atoms with van der Waals surface area (Å²) in [5, 5.41) is 10.9. The zero-order chi connectivity index (χ0) is 39.4. The number of allylic oxidation sites excluding steroid dienone is 2. The lowest BCUT2D eigenvalue weighted by Crippen LogP contribution is -2.33. The largest absolute Gasteiger partial charge is 0.344 e. The molecule has 0 bridgehead atoms. The zero-order valence-corrected chi connectivity index (χ0v) is 31.9. The lowest BCUT2D eigenvalue weighted by Gasteiger charge is -2.24. The summed E-state index contributed by atoms with van der Waals surface area (Å²) in [5.41, 5.74) is 9.59. The van der Waals surface area contributed by atoms with Gasteiger partial charge in [0.05, 0.1) is 11.9 Å². The highest BCUT2D eigenvalue weighted by molar-refractivity contribution is 6.15. The van der Waals surface area contributed by atoms with E-state index in [0.717, 1.165) is 50.0 Å². The predicted octanol–water partition coefficient (Wildman–Crippen LogP) is 12.7. The third-order valence-electron chi connectivity index (χ3n) is 10.6. The molecule has 1 aliphatic heterocycles. The van der Waals surface area contributed by atoms with Gasteiger partial charge in [0.2, 0.25) is 0 Å². The van der Waals surface area contributed by atoms with Gasteiger partial charge in [-0.25, -0.2) is 9.98 Å². The first-order valence-electron chi connectivity index (χ1n) is 19.2. The minimum Gasteiger partial charge on any atom is -0.344 e. The van der Waals surface area contributed by atoms with Crippen LogP contribution in [0.4, 0.5) is 0 Å². The molecule has 5 nitrogen and oxygen atoms in total. The summed E-state index contributed by atoms with van der Waals surface area (Å²) in [6.45, 7) is 12.6. The number of hydrogen-bond acceptors (Lipinski definition) is 5. The van der Waals surface area contributed by atoms with E-state index in [2.05, 4.69) is 175 Å². The highest BCUT2D eigenvalue weighted by Crippen LogP contribution is 2.36. The van der Waals surface area contributed by atoms with Crippen molar-refractivity contribution < 1.29 is 0 Å². The van der Waals surface area contributed by atoms with Crippen LogP contribution in [-0.2, 0) is 0 Å². The van der Waals surface area contributed by atoms with Crippen molar-refractivity contribution in [3.63, 3.8) is 0 Å². The van der Waals surface area contributed by atoms with E-state index in [1.165, 1.54) is 32.5 Å². The molecule has 0 aliphatic carbocycles. The Morgan fingerprint density at radius 2 is 1.36 bits per heavy atom. The van der Waals surface area contributed by atoms with E-state index in [9.17, 15) is 0 Å². The Morgan fingerprint density at radius 3 is 2.14 bits per heavy atom. The van der Waals surface area contributed by atoms with Gasteiger partial charge in [0.1, 0.15) is 12.0 Å². The standard InChI is InChI=1S/C53H39N5/c1-4-36-18-24-44(31-37(36)5-2)52-56-51(57-53(58-52)45-25-21-38-12-6-7-13-41(38)32-45)35(3)30-42(26-27-46-34-54-28-29-55-46)39-19-22-40(23-20-39)50-33-43-14-8-9-15-47(43)48-16-10-11-17-49(48)50/h4-34,53H,1-3H2,(H,56,57,58)/b27-26+,42-30+. The summed E-state index contributed by atoms with van der Waals surface area (Å²) in [5.74, 6) is 1.23. The van der Waals surface area contributed by atoms with Crippen LogP contribution in [0.5, 0.6) is 0 Å². The maximum Gasteiger partial charge on any atom is 0.159 e. The summed E-state index contributed by atoms with van der Waals surface area (Å²) in [7, 11) is 0. The van der Waals surface area contributed by atoms with Gasteiger partial charge in [-0.1, -0.05) is 159 Å². The SMILES string of the molecule is C=Cc1ccc(C2=NC(c3ccc4ccccc4c3)NC(C(=C)/C=C(\C=C\c3cnccn3)c3ccc(-c4cc5ccccc5c5ccccc45)cc3)=N2)cc1C=C. The van der Waals surface area contributed by atoms with Crippen molar-refractivity contribution in [3.05, 3.63) is 229 Å². The first-order chi connectivity index (χ1) is 28.5. The summed E-state index contributed by atoms with van der Waals surface area (Å²) in [4.78, 5) is 19.0. The van der Waals surface area contributed by atoms with E-state index in [4.69, 9.17) is 9.98 Å². The summed E-state index contributed by atoms with van der Waals surface area (Å²) in [6.07, 6.45) is 14.5. The highest BCUT2D eigenvalue weighted by Gasteiger charge is 2.22. The number of hydrogen-bond donors (Lipinski definition) is 1.